The Morgan fingerprint density at radius 3 is 2.15 bits per heavy atom. The van der Waals surface area contributed by atoms with Gasteiger partial charge < -0.3 is 9.47 Å². The average molecular weight is 200 g/mol. The molecule has 6 heteroatoms. The standard InChI is InChI=1S/C7H8F4O2/c8-6(9)5(13-7(6,10)11)2-1-4-3-12-4/h4-5H,1-3H2. The SMILES string of the molecule is FC1(F)OC(CCC2CO2)C1(F)F. The maximum Gasteiger partial charge on any atom is 0.422 e. The van der Waals surface area contributed by atoms with Crippen molar-refractivity contribution in [2.45, 2.75) is 37.1 Å². The molecule has 2 unspecified atom stereocenters. The van der Waals surface area contributed by atoms with Gasteiger partial charge >= 0.3 is 12.0 Å². The molecule has 2 atom stereocenters. The lowest BCUT2D eigenvalue weighted by Gasteiger charge is -2.43. The van der Waals surface area contributed by atoms with Crippen LogP contribution in [0.25, 0.3) is 0 Å². The van der Waals surface area contributed by atoms with E-state index in [9.17, 15) is 17.6 Å². The van der Waals surface area contributed by atoms with Crippen molar-refractivity contribution in [1.82, 2.24) is 0 Å². The van der Waals surface area contributed by atoms with Crippen molar-refractivity contribution in [3.63, 3.8) is 0 Å². The number of alkyl halides is 4. The molecule has 0 aromatic heterocycles. The van der Waals surface area contributed by atoms with Crippen LogP contribution < -0.4 is 0 Å². The fourth-order valence-corrected chi connectivity index (χ4v) is 1.27. The summed E-state index contributed by atoms with van der Waals surface area (Å²) in [7, 11) is 0. The summed E-state index contributed by atoms with van der Waals surface area (Å²) in [4.78, 5) is 0. The van der Waals surface area contributed by atoms with Crippen molar-refractivity contribution < 1.29 is 27.0 Å². The van der Waals surface area contributed by atoms with Crippen molar-refractivity contribution in [2.75, 3.05) is 6.61 Å². The lowest BCUT2D eigenvalue weighted by atomic mass is 10.00. The third-order valence-corrected chi connectivity index (χ3v) is 2.24. The Hall–Kier alpha value is -0.360. The zero-order valence-electron chi connectivity index (χ0n) is 6.60. The largest absolute Gasteiger partial charge is 0.422 e. The van der Waals surface area contributed by atoms with Crippen LogP contribution in [0.5, 0.6) is 0 Å². The number of ether oxygens (including phenoxy) is 2. The van der Waals surface area contributed by atoms with E-state index in [1.54, 1.807) is 0 Å². The minimum atomic E-state index is -4.28. The molecule has 0 amide bonds. The van der Waals surface area contributed by atoms with E-state index in [2.05, 4.69) is 4.74 Å². The molecule has 0 N–H and O–H groups in total. The highest BCUT2D eigenvalue weighted by molar-refractivity contribution is 4.96. The smallest absolute Gasteiger partial charge is 0.373 e. The Morgan fingerprint density at radius 1 is 1.15 bits per heavy atom. The maximum atomic E-state index is 12.5. The first-order chi connectivity index (χ1) is 5.93. The number of hydrogen-bond acceptors (Lipinski definition) is 2. The van der Waals surface area contributed by atoms with Crippen LogP contribution in [0.15, 0.2) is 0 Å². The molecule has 0 aromatic carbocycles. The zero-order valence-corrected chi connectivity index (χ0v) is 6.60. The summed E-state index contributed by atoms with van der Waals surface area (Å²) in [6.45, 7) is 0.536. The number of hydrogen-bond donors (Lipinski definition) is 0. The van der Waals surface area contributed by atoms with Crippen LogP contribution in [0.1, 0.15) is 12.8 Å². The number of rotatable bonds is 3. The van der Waals surface area contributed by atoms with Crippen LogP contribution in [-0.2, 0) is 9.47 Å². The molecule has 0 saturated carbocycles. The molecular weight excluding hydrogens is 192 g/mol. The summed E-state index contributed by atoms with van der Waals surface area (Å²) in [5.74, 6) is -4.01. The van der Waals surface area contributed by atoms with Gasteiger partial charge in [-0.25, -0.2) is 0 Å². The Balaban J connectivity index is 1.82. The van der Waals surface area contributed by atoms with Gasteiger partial charge in [0.25, 0.3) is 0 Å². The quantitative estimate of drug-likeness (QED) is 0.511. The molecule has 13 heavy (non-hydrogen) atoms. The molecule has 2 saturated heterocycles. The van der Waals surface area contributed by atoms with Crippen LogP contribution >= 0.6 is 0 Å². The van der Waals surface area contributed by atoms with Crippen molar-refractivity contribution in [1.29, 1.82) is 0 Å². The Kier molecular flexibility index (Phi) is 1.82. The predicted molar refractivity (Wildman–Crippen MR) is 33.7 cm³/mol. The molecule has 2 rings (SSSR count). The highest BCUT2D eigenvalue weighted by Crippen LogP contribution is 2.51. The van der Waals surface area contributed by atoms with E-state index in [0.29, 0.717) is 13.0 Å². The summed E-state index contributed by atoms with van der Waals surface area (Å²) < 4.78 is 57.8. The lowest BCUT2D eigenvalue weighted by molar-refractivity contribution is -0.477. The fraction of sp³-hybridized carbons (Fsp3) is 1.00. The summed E-state index contributed by atoms with van der Waals surface area (Å²) in [5.41, 5.74) is 0. The Labute approximate surface area is 71.8 Å². The topological polar surface area (TPSA) is 21.8 Å². The van der Waals surface area contributed by atoms with E-state index < -0.39 is 18.1 Å². The van der Waals surface area contributed by atoms with Gasteiger partial charge in [-0.2, -0.15) is 17.6 Å². The summed E-state index contributed by atoms with van der Waals surface area (Å²) in [5, 5.41) is 0. The van der Waals surface area contributed by atoms with Gasteiger partial charge in [-0.1, -0.05) is 0 Å². The van der Waals surface area contributed by atoms with Crippen LogP contribution in [0.3, 0.4) is 0 Å². The van der Waals surface area contributed by atoms with Gasteiger partial charge in [0.05, 0.1) is 12.7 Å². The Morgan fingerprint density at radius 2 is 1.77 bits per heavy atom. The van der Waals surface area contributed by atoms with Gasteiger partial charge in [0.15, 0.2) is 0 Å². The monoisotopic (exact) mass is 200 g/mol. The van der Waals surface area contributed by atoms with Crippen molar-refractivity contribution in [3.8, 4) is 0 Å². The molecule has 2 nitrogen and oxygen atoms in total. The van der Waals surface area contributed by atoms with Crippen LogP contribution in [-0.4, -0.2) is 30.8 Å². The normalized spacial score (nSPS) is 39.7. The fourth-order valence-electron chi connectivity index (χ4n) is 1.27. The van der Waals surface area contributed by atoms with E-state index in [-0.39, 0.29) is 12.5 Å². The van der Waals surface area contributed by atoms with Gasteiger partial charge in [0.2, 0.25) is 0 Å². The molecule has 2 fully saturated rings. The highest BCUT2D eigenvalue weighted by atomic mass is 19.3. The molecule has 0 bridgehead atoms. The van der Waals surface area contributed by atoms with E-state index >= 15 is 0 Å². The van der Waals surface area contributed by atoms with E-state index in [0.717, 1.165) is 0 Å². The molecule has 2 heterocycles. The third kappa shape index (κ3) is 1.42. The summed E-state index contributed by atoms with van der Waals surface area (Å²) >= 11 is 0. The van der Waals surface area contributed by atoms with E-state index in [1.165, 1.54) is 0 Å². The van der Waals surface area contributed by atoms with Gasteiger partial charge in [0.1, 0.15) is 6.10 Å². The molecule has 2 aliphatic rings. The molecule has 0 spiro atoms. The van der Waals surface area contributed by atoms with Gasteiger partial charge in [0, 0.05) is 0 Å². The zero-order chi connectivity index (χ0) is 9.69. The minimum Gasteiger partial charge on any atom is -0.373 e. The molecule has 76 valence electrons. The second-order valence-electron chi connectivity index (χ2n) is 3.28. The van der Waals surface area contributed by atoms with E-state index in [1.807, 2.05) is 0 Å². The van der Waals surface area contributed by atoms with Crippen LogP contribution in [0.2, 0.25) is 0 Å². The first-order valence-electron chi connectivity index (χ1n) is 3.98. The van der Waals surface area contributed by atoms with Gasteiger partial charge in [-0.3, -0.25) is 0 Å². The number of halogens is 4. The van der Waals surface area contributed by atoms with Crippen LogP contribution in [0.4, 0.5) is 17.6 Å². The van der Waals surface area contributed by atoms with E-state index in [4.69, 9.17) is 4.74 Å². The summed E-state index contributed by atoms with van der Waals surface area (Å²) in [6.07, 6.45) is -5.67. The lowest BCUT2D eigenvalue weighted by Crippen LogP contribution is -2.64. The molecule has 2 aliphatic heterocycles. The third-order valence-electron chi connectivity index (χ3n) is 2.24. The van der Waals surface area contributed by atoms with Crippen molar-refractivity contribution in [3.05, 3.63) is 0 Å². The molecular formula is C7H8F4O2. The predicted octanol–water partition coefficient (Wildman–Crippen LogP) is 1.79. The summed E-state index contributed by atoms with van der Waals surface area (Å²) in [6, 6.07) is 0. The Bertz CT molecular complexity index is 215. The van der Waals surface area contributed by atoms with Gasteiger partial charge in [-0.15, -0.1) is 0 Å². The first kappa shape index (κ1) is 9.21. The molecule has 0 aliphatic carbocycles. The first-order valence-corrected chi connectivity index (χ1v) is 3.98. The van der Waals surface area contributed by atoms with Gasteiger partial charge in [-0.05, 0) is 12.8 Å². The maximum absolute atomic E-state index is 12.5. The molecule has 0 radical (unpaired) electrons. The average Bonchev–Trinajstić information content (AvgIpc) is 2.80. The second-order valence-corrected chi connectivity index (χ2v) is 3.28. The van der Waals surface area contributed by atoms with Crippen LogP contribution in [0, 0.1) is 0 Å². The highest BCUT2D eigenvalue weighted by Gasteiger charge is 2.73. The minimum absolute atomic E-state index is 0.0337. The van der Waals surface area contributed by atoms with Crippen molar-refractivity contribution in [2.24, 2.45) is 0 Å². The second kappa shape index (κ2) is 2.57. The number of epoxide rings is 1. The van der Waals surface area contributed by atoms with Crippen molar-refractivity contribution >= 4 is 0 Å². The molecule has 0 aromatic rings.